The van der Waals surface area contributed by atoms with Gasteiger partial charge in [0, 0.05) is 47.4 Å². The molecule has 0 bridgehead atoms. The fraction of sp³-hybridized carbons (Fsp3) is 0.250. The van der Waals surface area contributed by atoms with Crippen molar-refractivity contribution in [2.24, 2.45) is 0 Å². The quantitative estimate of drug-likeness (QED) is 0.490. The molecule has 1 fully saturated rings. The van der Waals surface area contributed by atoms with Crippen LogP contribution in [0.25, 0.3) is 22.8 Å². The number of hydrogen-bond donors (Lipinski definition) is 0. The van der Waals surface area contributed by atoms with Gasteiger partial charge >= 0.3 is 0 Å². The Labute approximate surface area is 166 Å². The van der Waals surface area contributed by atoms with Crippen LogP contribution in [0, 0.1) is 0 Å². The second kappa shape index (κ2) is 7.16. The lowest BCUT2D eigenvalue weighted by atomic mass is 10.2. The molecule has 0 N–H and O–H groups in total. The predicted molar refractivity (Wildman–Crippen MR) is 104 cm³/mol. The van der Waals surface area contributed by atoms with E-state index >= 15 is 0 Å². The van der Waals surface area contributed by atoms with Crippen LogP contribution in [0.4, 0.5) is 0 Å². The fourth-order valence-electron chi connectivity index (χ4n) is 3.23. The largest absolute Gasteiger partial charge is 0.334 e. The summed E-state index contributed by atoms with van der Waals surface area (Å²) in [5, 5.41) is 13.6. The average Bonchev–Trinajstić information content (AvgIpc) is 3.29. The summed E-state index contributed by atoms with van der Waals surface area (Å²) >= 11 is 6.04. The summed E-state index contributed by atoms with van der Waals surface area (Å²) in [4.78, 5) is 8.57. The van der Waals surface area contributed by atoms with Crippen LogP contribution in [0.2, 0.25) is 5.02 Å². The Morgan fingerprint density at radius 2 is 1.89 bits per heavy atom. The van der Waals surface area contributed by atoms with E-state index in [-0.39, 0.29) is 0 Å². The van der Waals surface area contributed by atoms with Crippen molar-refractivity contribution >= 4 is 11.6 Å². The first-order valence-electron chi connectivity index (χ1n) is 9.20. The third-order valence-electron chi connectivity index (χ3n) is 4.73. The molecule has 5 rings (SSSR count). The third-order valence-corrected chi connectivity index (χ3v) is 4.96. The Kier molecular flexibility index (Phi) is 4.37. The van der Waals surface area contributed by atoms with E-state index < -0.39 is 0 Å². The SMILES string of the molecule is Clc1cccc(-c2nc(CCc3nnc(-c4ccncc4)n3C3CC3)no2)c1. The van der Waals surface area contributed by atoms with Crippen LogP contribution in [0.1, 0.15) is 30.5 Å². The lowest BCUT2D eigenvalue weighted by molar-refractivity contribution is 0.422. The molecule has 1 saturated carbocycles. The van der Waals surface area contributed by atoms with E-state index in [0.29, 0.717) is 35.6 Å². The highest BCUT2D eigenvalue weighted by atomic mass is 35.5. The normalized spacial score (nSPS) is 13.8. The number of aromatic nitrogens is 6. The number of halogens is 1. The Balaban J connectivity index is 1.36. The number of hydrogen-bond acceptors (Lipinski definition) is 6. The number of aryl methyl sites for hydroxylation is 2. The lowest BCUT2D eigenvalue weighted by Gasteiger charge is -2.08. The van der Waals surface area contributed by atoms with Gasteiger partial charge in [-0.3, -0.25) is 4.98 Å². The van der Waals surface area contributed by atoms with Gasteiger partial charge < -0.3 is 9.09 Å². The van der Waals surface area contributed by atoms with E-state index in [1.807, 2.05) is 36.4 Å². The van der Waals surface area contributed by atoms with Crippen LogP contribution in [-0.2, 0) is 12.8 Å². The van der Waals surface area contributed by atoms with Gasteiger partial charge in [-0.15, -0.1) is 10.2 Å². The summed E-state index contributed by atoms with van der Waals surface area (Å²) in [5.74, 6) is 2.96. The van der Waals surface area contributed by atoms with Gasteiger partial charge in [0.25, 0.3) is 5.89 Å². The molecule has 0 spiro atoms. The van der Waals surface area contributed by atoms with E-state index in [2.05, 4.69) is 29.9 Å². The number of nitrogens with zero attached hydrogens (tertiary/aromatic N) is 6. The number of pyridine rings is 1. The smallest absolute Gasteiger partial charge is 0.257 e. The maximum absolute atomic E-state index is 6.04. The van der Waals surface area contributed by atoms with Crippen LogP contribution in [0.3, 0.4) is 0 Å². The zero-order chi connectivity index (χ0) is 18.9. The minimum absolute atomic E-state index is 0.471. The first-order valence-corrected chi connectivity index (χ1v) is 9.58. The standard InChI is InChI=1S/C20H17ClN6O/c21-15-3-1-2-14(12-15)20-23-17(26-28-20)6-7-18-24-25-19(27(18)16-4-5-16)13-8-10-22-11-9-13/h1-3,8-12,16H,4-7H2. The van der Waals surface area contributed by atoms with E-state index in [4.69, 9.17) is 16.1 Å². The highest BCUT2D eigenvalue weighted by Crippen LogP contribution is 2.39. The fourth-order valence-corrected chi connectivity index (χ4v) is 3.42. The number of benzene rings is 1. The molecule has 0 amide bonds. The molecule has 0 unspecified atom stereocenters. The van der Waals surface area contributed by atoms with Crippen molar-refractivity contribution in [2.75, 3.05) is 0 Å². The molecule has 8 heteroatoms. The average molecular weight is 393 g/mol. The molecular formula is C20H17ClN6O. The Morgan fingerprint density at radius 3 is 2.68 bits per heavy atom. The van der Waals surface area contributed by atoms with Gasteiger partial charge in [0.1, 0.15) is 5.82 Å². The minimum atomic E-state index is 0.471. The summed E-state index contributed by atoms with van der Waals surface area (Å²) in [7, 11) is 0. The van der Waals surface area contributed by atoms with Gasteiger partial charge in [-0.2, -0.15) is 4.98 Å². The van der Waals surface area contributed by atoms with Gasteiger partial charge in [0.15, 0.2) is 11.6 Å². The van der Waals surface area contributed by atoms with Crippen molar-refractivity contribution in [1.82, 2.24) is 29.9 Å². The van der Waals surface area contributed by atoms with Crippen molar-refractivity contribution < 1.29 is 4.52 Å². The topological polar surface area (TPSA) is 82.5 Å². The highest BCUT2D eigenvalue weighted by molar-refractivity contribution is 6.30. The zero-order valence-corrected chi connectivity index (χ0v) is 15.8. The predicted octanol–water partition coefficient (Wildman–Crippen LogP) is 4.16. The Morgan fingerprint density at radius 1 is 1.04 bits per heavy atom. The second-order valence-corrected chi connectivity index (χ2v) is 7.24. The molecule has 0 radical (unpaired) electrons. The second-order valence-electron chi connectivity index (χ2n) is 6.80. The summed E-state index contributed by atoms with van der Waals surface area (Å²) < 4.78 is 7.63. The molecular weight excluding hydrogens is 376 g/mol. The van der Waals surface area contributed by atoms with E-state index in [1.165, 1.54) is 0 Å². The van der Waals surface area contributed by atoms with Gasteiger partial charge in [0.2, 0.25) is 0 Å². The van der Waals surface area contributed by atoms with Gasteiger partial charge in [0.05, 0.1) is 0 Å². The third kappa shape index (κ3) is 3.41. The molecule has 0 aliphatic heterocycles. The van der Waals surface area contributed by atoms with Crippen molar-refractivity contribution in [2.45, 2.75) is 31.7 Å². The molecule has 0 saturated heterocycles. The van der Waals surface area contributed by atoms with Crippen molar-refractivity contribution in [3.63, 3.8) is 0 Å². The molecule has 3 aromatic heterocycles. The molecule has 140 valence electrons. The van der Waals surface area contributed by atoms with Crippen LogP contribution in [-0.4, -0.2) is 29.9 Å². The van der Waals surface area contributed by atoms with Crippen molar-refractivity contribution in [1.29, 1.82) is 0 Å². The summed E-state index contributed by atoms with van der Waals surface area (Å²) in [6.07, 6.45) is 7.19. The molecule has 1 aliphatic rings. The molecule has 0 atom stereocenters. The molecule has 4 aromatic rings. The lowest BCUT2D eigenvalue weighted by Crippen LogP contribution is -2.06. The molecule has 1 aromatic carbocycles. The summed E-state index contributed by atoms with van der Waals surface area (Å²) in [5.41, 5.74) is 1.84. The van der Waals surface area contributed by atoms with Gasteiger partial charge in [-0.05, 0) is 43.2 Å². The number of rotatable bonds is 6. The zero-order valence-electron chi connectivity index (χ0n) is 15.0. The van der Waals surface area contributed by atoms with Crippen molar-refractivity contribution in [3.8, 4) is 22.8 Å². The first-order chi connectivity index (χ1) is 13.8. The molecule has 1 aliphatic carbocycles. The van der Waals surface area contributed by atoms with E-state index in [9.17, 15) is 0 Å². The van der Waals surface area contributed by atoms with Crippen LogP contribution < -0.4 is 0 Å². The monoisotopic (exact) mass is 392 g/mol. The van der Waals surface area contributed by atoms with Crippen LogP contribution in [0.5, 0.6) is 0 Å². The Hall–Kier alpha value is -3.06. The maximum atomic E-state index is 6.04. The molecule has 3 heterocycles. The van der Waals surface area contributed by atoms with Gasteiger partial charge in [-0.1, -0.05) is 22.8 Å². The molecule has 28 heavy (non-hydrogen) atoms. The van der Waals surface area contributed by atoms with Crippen molar-refractivity contribution in [3.05, 3.63) is 65.5 Å². The van der Waals surface area contributed by atoms with E-state index in [0.717, 1.165) is 35.6 Å². The minimum Gasteiger partial charge on any atom is -0.334 e. The summed E-state index contributed by atoms with van der Waals surface area (Å²) in [6.45, 7) is 0. The molecule has 7 nitrogen and oxygen atoms in total. The summed E-state index contributed by atoms with van der Waals surface area (Å²) in [6, 6.07) is 11.8. The van der Waals surface area contributed by atoms with Crippen LogP contribution >= 0.6 is 11.6 Å². The maximum Gasteiger partial charge on any atom is 0.257 e. The Bertz CT molecular complexity index is 1100. The highest BCUT2D eigenvalue weighted by Gasteiger charge is 2.29. The van der Waals surface area contributed by atoms with Crippen LogP contribution in [0.15, 0.2) is 53.3 Å². The first kappa shape index (κ1) is 17.1. The van der Waals surface area contributed by atoms with E-state index in [1.54, 1.807) is 12.4 Å². The van der Waals surface area contributed by atoms with Gasteiger partial charge in [-0.25, -0.2) is 0 Å².